The van der Waals surface area contributed by atoms with E-state index in [2.05, 4.69) is 16.0 Å². The lowest BCUT2D eigenvalue weighted by Gasteiger charge is -2.23. The number of aryl methyl sites for hydroxylation is 1. The Labute approximate surface area is 273 Å². The Morgan fingerprint density at radius 1 is 0.956 bits per heavy atom. The van der Waals surface area contributed by atoms with Gasteiger partial charge >= 0.3 is 7.12 Å². The van der Waals surface area contributed by atoms with Crippen LogP contribution in [0, 0.1) is 11.3 Å². The van der Waals surface area contributed by atoms with Crippen molar-refractivity contribution in [3.8, 4) is 6.07 Å². The number of carbonyl (C=O) groups is 3. The number of rotatable bonds is 12. The first kappa shape index (κ1) is 35.3. The first-order valence-electron chi connectivity index (χ1n) is 14.3. The molecule has 0 aromatic heterocycles. The zero-order valence-corrected chi connectivity index (χ0v) is 26.7. The van der Waals surface area contributed by atoms with Gasteiger partial charge in [0.25, 0.3) is 11.8 Å². The molecule has 0 heterocycles. The van der Waals surface area contributed by atoms with Crippen LogP contribution in [-0.2, 0) is 22.4 Å². The van der Waals surface area contributed by atoms with Crippen LogP contribution in [0.15, 0.2) is 78.4 Å². The number of amides is 3. The van der Waals surface area contributed by atoms with Gasteiger partial charge in [0.15, 0.2) is 0 Å². The molecular weight excluding hydrogens is 614 g/mol. The average Bonchev–Trinajstić information content (AvgIpc) is 2.98. The summed E-state index contributed by atoms with van der Waals surface area (Å²) >= 11 is 12.3. The third kappa shape index (κ3) is 11.4. The Hall–Kier alpha value is -4.14. The molecule has 3 rings (SSSR count). The largest absolute Gasteiger partial charge is 0.475 e. The smallest absolute Gasteiger partial charge is 0.426 e. The lowest BCUT2D eigenvalue weighted by atomic mass is 9.75. The van der Waals surface area contributed by atoms with E-state index in [1.807, 2.05) is 39.0 Å². The number of nitriles is 1. The molecule has 0 spiro atoms. The van der Waals surface area contributed by atoms with E-state index in [4.69, 9.17) is 23.2 Å². The molecule has 3 amide bonds. The fourth-order valence-corrected chi connectivity index (χ4v) is 4.81. The van der Waals surface area contributed by atoms with Crippen molar-refractivity contribution < 1.29 is 24.4 Å². The predicted octanol–water partition coefficient (Wildman–Crippen LogP) is 4.29. The summed E-state index contributed by atoms with van der Waals surface area (Å²) in [5, 5.41) is 38.2. The lowest BCUT2D eigenvalue weighted by Crippen LogP contribution is -2.54. The third-order valence-corrected chi connectivity index (χ3v) is 7.18. The molecule has 2 atom stereocenters. The van der Waals surface area contributed by atoms with E-state index in [0.717, 1.165) is 11.1 Å². The number of carbonyl (C=O) groups excluding carboxylic acids is 3. The van der Waals surface area contributed by atoms with E-state index in [1.165, 1.54) is 24.3 Å². The summed E-state index contributed by atoms with van der Waals surface area (Å²) in [5.74, 6) is -2.80. The molecule has 12 heteroatoms. The molecule has 9 nitrogen and oxygen atoms in total. The molecule has 3 aromatic carbocycles. The van der Waals surface area contributed by atoms with Gasteiger partial charge in [0.1, 0.15) is 17.7 Å². The highest BCUT2D eigenvalue weighted by Gasteiger charge is 2.30. The standard InChI is InChI=1S/C33H35BCl2N4O5/c1-33(2,3)40-30(41)24(20-37)17-23-11-7-10-22(16-23)12-15-28(38-31(42)26-19-25(35)13-14-27(26)36)32(43)39-29(34(44)45)18-21-8-5-4-6-9-21/h4-11,13-14,16-17,19,28-29,44-45H,12,15,18H2,1-3H3,(H,38,42)(H,39,43)(H,40,41)/t28-,29+/m1/s1. The highest BCUT2D eigenvalue weighted by molar-refractivity contribution is 6.43. The number of hydrogen-bond donors (Lipinski definition) is 5. The molecular formula is C33H35BCl2N4O5. The summed E-state index contributed by atoms with van der Waals surface area (Å²) in [6, 6.07) is 21.4. The molecule has 0 aliphatic carbocycles. The highest BCUT2D eigenvalue weighted by atomic mass is 35.5. The van der Waals surface area contributed by atoms with E-state index >= 15 is 0 Å². The van der Waals surface area contributed by atoms with Gasteiger partial charge in [-0.3, -0.25) is 14.4 Å². The van der Waals surface area contributed by atoms with Crippen LogP contribution in [0.3, 0.4) is 0 Å². The highest BCUT2D eigenvalue weighted by Crippen LogP contribution is 2.21. The second kappa shape index (κ2) is 16.3. The van der Waals surface area contributed by atoms with Gasteiger partial charge in [0.2, 0.25) is 5.91 Å². The Morgan fingerprint density at radius 2 is 1.64 bits per heavy atom. The minimum absolute atomic E-state index is 0.0583. The molecule has 3 aromatic rings. The Bertz CT molecular complexity index is 1590. The maximum absolute atomic E-state index is 13.5. The van der Waals surface area contributed by atoms with Crippen molar-refractivity contribution in [2.75, 3.05) is 0 Å². The number of nitrogens with one attached hydrogen (secondary N) is 3. The summed E-state index contributed by atoms with van der Waals surface area (Å²) in [7, 11) is -1.86. The maximum Gasteiger partial charge on any atom is 0.475 e. The van der Waals surface area contributed by atoms with E-state index in [1.54, 1.807) is 42.5 Å². The van der Waals surface area contributed by atoms with E-state index in [9.17, 15) is 29.7 Å². The second-order valence-electron chi connectivity index (χ2n) is 11.5. The summed E-state index contributed by atoms with van der Waals surface area (Å²) < 4.78 is 0. The van der Waals surface area contributed by atoms with Crippen LogP contribution >= 0.6 is 23.2 Å². The number of nitrogens with zero attached hydrogens (tertiary/aromatic N) is 1. The predicted molar refractivity (Wildman–Crippen MR) is 176 cm³/mol. The van der Waals surface area contributed by atoms with Crippen molar-refractivity contribution in [1.29, 1.82) is 5.26 Å². The zero-order chi connectivity index (χ0) is 33.1. The first-order chi connectivity index (χ1) is 21.3. The molecule has 0 aliphatic rings. The minimum Gasteiger partial charge on any atom is -0.426 e. The van der Waals surface area contributed by atoms with Crippen molar-refractivity contribution in [3.63, 3.8) is 0 Å². The van der Waals surface area contributed by atoms with Gasteiger partial charge < -0.3 is 26.0 Å². The Balaban J connectivity index is 1.84. The monoisotopic (exact) mass is 648 g/mol. The Kier molecular flexibility index (Phi) is 12.8. The number of benzene rings is 3. The maximum atomic E-state index is 13.5. The molecule has 0 saturated heterocycles. The molecule has 0 saturated carbocycles. The quantitative estimate of drug-likeness (QED) is 0.112. The van der Waals surface area contributed by atoms with Crippen LogP contribution in [0.25, 0.3) is 6.08 Å². The number of hydrogen-bond acceptors (Lipinski definition) is 6. The summed E-state index contributed by atoms with van der Waals surface area (Å²) in [4.78, 5) is 39.3. The van der Waals surface area contributed by atoms with Crippen molar-refractivity contribution in [2.24, 2.45) is 0 Å². The topological polar surface area (TPSA) is 152 Å². The first-order valence-corrected chi connectivity index (χ1v) is 15.0. The fourth-order valence-electron chi connectivity index (χ4n) is 4.43. The fraction of sp³-hybridized carbons (Fsp3) is 0.273. The van der Waals surface area contributed by atoms with Gasteiger partial charge in [0, 0.05) is 10.6 Å². The Morgan fingerprint density at radius 3 is 2.29 bits per heavy atom. The van der Waals surface area contributed by atoms with Gasteiger partial charge in [-0.05, 0) is 81.0 Å². The van der Waals surface area contributed by atoms with Crippen LogP contribution in [-0.4, -0.2) is 52.4 Å². The SMILES string of the molecule is CC(C)(C)NC(=O)C(C#N)=Cc1cccc(CC[C@@H](NC(=O)c2cc(Cl)ccc2Cl)C(=O)N[C@@H](Cc2ccccc2)B(O)O)c1. The van der Waals surface area contributed by atoms with Crippen molar-refractivity contribution in [1.82, 2.24) is 16.0 Å². The van der Waals surface area contributed by atoms with Gasteiger partial charge in [0.05, 0.1) is 16.5 Å². The minimum atomic E-state index is -1.86. The van der Waals surface area contributed by atoms with Crippen molar-refractivity contribution in [2.45, 2.75) is 57.6 Å². The van der Waals surface area contributed by atoms with Gasteiger partial charge in [-0.15, -0.1) is 0 Å². The molecule has 234 valence electrons. The van der Waals surface area contributed by atoms with Crippen LogP contribution in [0.4, 0.5) is 0 Å². The third-order valence-electron chi connectivity index (χ3n) is 6.62. The van der Waals surface area contributed by atoms with E-state index < -0.39 is 42.4 Å². The molecule has 5 N–H and O–H groups in total. The summed E-state index contributed by atoms with van der Waals surface area (Å²) in [6.07, 6.45) is 2.06. The van der Waals surface area contributed by atoms with Crippen molar-refractivity contribution >= 4 is 54.1 Å². The second-order valence-corrected chi connectivity index (χ2v) is 12.4. The van der Waals surface area contributed by atoms with E-state index in [0.29, 0.717) is 12.0 Å². The molecule has 0 unspecified atom stereocenters. The van der Waals surface area contributed by atoms with Gasteiger partial charge in [-0.25, -0.2) is 0 Å². The average molecular weight is 649 g/mol. The normalized spacial score (nSPS) is 12.8. The molecule has 0 radical (unpaired) electrons. The van der Waals surface area contributed by atoms with Crippen molar-refractivity contribution in [3.05, 3.63) is 111 Å². The van der Waals surface area contributed by atoms with Crippen LogP contribution in [0.1, 0.15) is 54.2 Å². The molecule has 45 heavy (non-hydrogen) atoms. The van der Waals surface area contributed by atoms with Crippen LogP contribution in [0.2, 0.25) is 10.0 Å². The lowest BCUT2D eigenvalue weighted by molar-refractivity contribution is -0.123. The molecule has 0 bridgehead atoms. The van der Waals surface area contributed by atoms with Gasteiger partial charge in [-0.2, -0.15) is 5.26 Å². The number of halogens is 2. The van der Waals surface area contributed by atoms with E-state index in [-0.39, 0.29) is 34.0 Å². The van der Waals surface area contributed by atoms with Crippen LogP contribution in [0.5, 0.6) is 0 Å². The molecule has 0 fully saturated rings. The molecule has 0 aliphatic heterocycles. The van der Waals surface area contributed by atoms with Gasteiger partial charge in [-0.1, -0.05) is 77.8 Å². The summed E-state index contributed by atoms with van der Waals surface area (Å²) in [5.41, 5.74) is 1.66. The summed E-state index contributed by atoms with van der Waals surface area (Å²) in [6.45, 7) is 5.45. The zero-order valence-electron chi connectivity index (χ0n) is 25.2. The van der Waals surface area contributed by atoms with Crippen LogP contribution < -0.4 is 16.0 Å².